The van der Waals surface area contributed by atoms with Crippen molar-refractivity contribution in [1.29, 1.82) is 0 Å². The number of rotatable bonds is 2. The fourth-order valence-corrected chi connectivity index (χ4v) is 3.06. The fraction of sp³-hybridized carbons (Fsp3) is 0.533. The number of aromatic nitrogens is 4. The Morgan fingerprint density at radius 2 is 2.00 bits per heavy atom. The maximum atomic E-state index is 5.98. The minimum Gasteiger partial charge on any atom is -0.398 e. The molecule has 21 heavy (non-hydrogen) atoms. The van der Waals surface area contributed by atoms with Crippen LogP contribution in [0.25, 0.3) is 11.4 Å². The van der Waals surface area contributed by atoms with Gasteiger partial charge >= 0.3 is 0 Å². The van der Waals surface area contributed by atoms with E-state index in [4.69, 9.17) is 17.3 Å². The average molecular weight is 306 g/mol. The molecular formula is C15H20ClN5. The number of anilines is 1. The van der Waals surface area contributed by atoms with Crippen LogP contribution in [0, 0.1) is 5.41 Å². The molecule has 5 nitrogen and oxygen atoms in total. The van der Waals surface area contributed by atoms with Crippen molar-refractivity contribution in [1.82, 2.24) is 20.2 Å². The minimum absolute atomic E-state index is 0.361. The normalized spacial score (nSPS) is 18.8. The van der Waals surface area contributed by atoms with Gasteiger partial charge in [0.1, 0.15) is 0 Å². The largest absolute Gasteiger partial charge is 0.398 e. The van der Waals surface area contributed by atoms with Crippen LogP contribution in [0.2, 0.25) is 5.02 Å². The molecule has 0 atom stereocenters. The maximum Gasteiger partial charge on any atom is 0.182 e. The molecule has 0 amide bonds. The number of hydrogen-bond donors (Lipinski definition) is 1. The molecule has 112 valence electrons. The number of benzene rings is 1. The Morgan fingerprint density at radius 1 is 1.29 bits per heavy atom. The number of nitrogens with zero attached hydrogens (tertiary/aromatic N) is 4. The molecule has 1 aliphatic carbocycles. The highest BCUT2D eigenvalue weighted by Gasteiger charge is 2.29. The third kappa shape index (κ3) is 2.88. The fourth-order valence-electron chi connectivity index (χ4n) is 2.94. The van der Waals surface area contributed by atoms with E-state index in [1.165, 1.54) is 12.8 Å². The number of nitrogens with two attached hydrogens (primary N) is 1. The highest BCUT2D eigenvalue weighted by molar-refractivity contribution is 6.33. The van der Waals surface area contributed by atoms with Crippen LogP contribution in [0.5, 0.6) is 0 Å². The molecule has 3 rings (SSSR count). The van der Waals surface area contributed by atoms with E-state index in [0.717, 1.165) is 24.2 Å². The number of nitrogen functional groups attached to an aromatic ring is 1. The van der Waals surface area contributed by atoms with Gasteiger partial charge < -0.3 is 5.73 Å². The lowest BCUT2D eigenvalue weighted by molar-refractivity contribution is 0.185. The summed E-state index contributed by atoms with van der Waals surface area (Å²) in [7, 11) is 0. The second kappa shape index (κ2) is 5.30. The summed E-state index contributed by atoms with van der Waals surface area (Å²) < 4.78 is 1.94. The van der Waals surface area contributed by atoms with E-state index in [0.29, 0.717) is 22.2 Å². The van der Waals surface area contributed by atoms with E-state index < -0.39 is 0 Å². The second-order valence-electron chi connectivity index (χ2n) is 6.58. The molecule has 0 bridgehead atoms. The van der Waals surface area contributed by atoms with Gasteiger partial charge in [0.05, 0.1) is 16.8 Å². The predicted molar refractivity (Wildman–Crippen MR) is 84.0 cm³/mol. The van der Waals surface area contributed by atoms with Crippen LogP contribution < -0.4 is 5.73 Å². The first kappa shape index (κ1) is 14.3. The summed E-state index contributed by atoms with van der Waals surface area (Å²) in [6, 6.07) is 5.89. The third-order valence-corrected chi connectivity index (χ3v) is 4.75. The van der Waals surface area contributed by atoms with E-state index in [2.05, 4.69) is 29.4 Å². The topological polar surface area (TPSA) is 69.6 Å². The van der Waals surface area contributed by atoms with Crippen LogP contribution in [-0.2, 0) is 0 Å². The van der Waals surface area contributed by atoms with Crippen LogP contribution in [-0.4, -0.2) is 20.2 Å². The molecule has 1 saturated carbocycles. The van der Waals surface area contributed by atoms with Crippen LogP contribution in [0.4, 0.5) is 5.69 Å². The first-order chi connectivity index (χ1) is 9.96. The van der Waals surface area contributed by atoms with Crippen LogP contribution in [0.1, 0.15) is 45.6 Å². The maximum absolute atomic E-state index is 5.98. The van der Waals surface area contributed by atoms with Crippen LogP contribution in [0.15, 0.2) is 18.2 Å². The lowest BCUT2D eigenvalue weighted by atomic mass is 9.75. The summed E-state index contributed by atoms with van der Waals surface area (Å²) >= 11 is 5.98. The molecule has 1 fully saturated rings. The van der Waals surface area contributed by atoms with Crippen molar-refractivity contribution in [3.05, 3.63) is 23.2 Å². The SMILES string of the molecule is CC1(C)CCC(n2nnnc2-c2ccc(Cl)c(N)c2)CC1. The molecule has 1 aromatic heterocycles. The van der Waals surface area contributed by atoms with Crippen molar-refractivity contribution >= 4 is 17.3 Å². The molecule has 0 saturated heterocycles. The summed E-state index contributed by atoms with van der Waals surface area (Å²) in [5.41, 5.74) is 7.77. The highest BCUT2D eigenvalue weighted by Crippen LogP contribution is 2.40. The lowest BCUT2D eigenvalue weighted by Crippen LogP contribution is -2.24. The van der Waals surface area contributed by atoms with E-state index in [1.807, 2.05) is 16.8 Å². The van der Waals surface area contributed by atoms with E-state index in [9.17, 15) is 0 Å². The van der Waals surface area contributed by atoms with Gasteiger partial charge in [-0.05, 0) is 59.7 Å². The number of tetrazole rings is 1. The van der Waals surface area contributed by atoms with Crippen molar-refractivity contribution in [2.45, 2.75) is 45.6 Å². The van der Waals surface area contributed by atoms with Crippen molar-refractivity contribution in [2.24, 2.45) is 5.41 Å². The van der Waals surface area contributed by atoms with Crippen molar-refractivity contribution in [2.75, 3.05) is 5.73 Å². The number of hydrogen-bond acceptors (Lipinski definition) is 4. The summed E-state index contributed by atoms with van der Waals surface area (Å²) in [5, 5.41) is 12.8. The third-order valence-electron chi connectivity index (χ3n) is 4.40. The molecule has 0 radical (unpaired) electrons. The zero-order valence-corrected chi connectivity index (χ0v) is 13.1. The summed E-state index contributed by atoms with van der Waals surface area (Å²) in [6.45, 7) is 4.65. The van der Waals surface area contributed by atoms with Gasteiger partial charge in [-0.3, -0.25) is 0 Å². The summed E-state index contributed by atoms with van der Waals surface area (Å²) in [5.74, 6) is 0.767. The molecule has 2 aromatic rings. The van der Waals surface area contributed by atoms with Gasteiger partial charge in [-0.15, -0.1) is 5.10 Å². The lowest BCUT2D eigenvalue weighted by Gasteiger charge is -2.34. The van der Waals surface area contributed by atoms with E-state index in [-0.39, 0.29) is 0 Å². The first-order valence-corrected chi connectivity index (χ1v) is 7.67. The van der Waals surface area contributed by atoms with Gasteiger partial charge in [0, 0.05) is 5.56 Å². The molecule has 1 aromatic carbocycles. The average Bonchev–Trinajstić information content (AvgIpc) is 2.91. The summed E-state index contributed by atoms with van der Waals surface area (Å²) in [4.78, 5) is 0. The molecule has 0 aliphatic heterocycles. The summed E-state index contributed by atoms with van der Waals surface area (Å²) in [6.07, 6.45) is 4.60. The Bertz CT molecular complexity index is 639. The molecule has 6 heteroatoms. The van der Waals surface area contributed by atoms with Gasteiger partial charge in [0.25, 0.3) is 0 Å². The van der Waals surface area contributed by atoms with Crippen molar-refractivity contribution in [3.8, 4) is 11.4 Å². The molecule has 0 unspecified atom stereocenters. The Morgan fingerprint density at radius 3 is 2.67 bits per heavy atom. The van der Waals surface area contributed by atoms with Gasteiger partial charge in [-0.2, -0.15) is 0 Å². The predicted octanol–water partition coefficient (Wildman–Crippen LogP) is 3.72. The molecule has 1 heterocycles. The quantitative estimate of drug-likeness (QED) is 0.859. The standard InChI is InChI=1S/C15H20ClN5/c1-15(2)7-5-11(6-8-15)21-14(18-19-20-21)10-3-4-12(16)13(17)9-10/h3-4,9,11H,5-8,17H2,1-2H3. The van der Waals surface area contributed by atoms with Crippen molar-refractivity contribution in [3.63, 3.8) is 0 Å². The second-order valence-corrected chi connectivity index (χ2v) is 6.99. The Balaban J connectivity index is 1.89. The molecule has 2 N–H and O–H groups in total. The zero-order valence-electron chi connectivity index (χ0n) is 12.4. The Labute approximate surface area is 129 Å². The van der Waals surface area contributed by atoms with Crippen molar-refractivity contribution < 1.29 is 0 Å². The molecule has 1 aliphatic rings. The minimum atomic E-state index is 0.361. The molecular weight excluding hydrogens is 286 g/mol. The Kier molecular flexibility index (Phi) is 3.61. The van der Waals surface area contributed by atoms with Gasteiger partial charge in [-0.1, -0.05) is 25.4 Å². The van der Waals surface area contributed by atoms with Crippen LogP contribution >= 0.6 is 11.6 Å². The van der Waals surface area contributed by atoms with Gasteiger partial charge in [0.2, 0.25) is 0 Å². The van der Waals surface area contributed by atoms with Gasteiger partial charge in [-0.25, -0.2) is 4.68 Å². The smallest absolute Gasteiger partial charge is 0.182 e. The number of halogens is 1. The van der Waals surface area contributed by atoms with E-state index >= 15 is 0 Å². The Hall–Kier alpha value is -1.62. The van der Waals surface area contributed by atoms with Gasteiger partial charge in [0.15, 0.2) is 5.82 Å². The zero-order chi connectivity index (χ0) is 15.0. The monoisotopic (exact) mass is 305 g/mol. The van der Waals surface area contributed by atoms with E-state index in [1.54, 1.807) is 6.07 Å². The van der Waals surface area contributed by atoms with Crippen LogP contribution in [0.3, 0.4) is 0 Å². The highest BCUT2D eigenvalue weighted by atomic mass is 35.5. The first-order valence-electron chi connectivity index (χ1n) is 7.29. The molecule has 0 spiro atoms.